The number of carbonyl (C=O) groups is 3. The third-order valence-corrected chi connectivity index (χ3v) is 6.49. The largest absolute Gasteiger partial charge is 0.477 e. The van der Waals surface area contributed by atoms with Crippen molar-refractivity contribution in [2.45, 2.75) is 17.2 Å². The Morgan fingerprint density at radius 3 is 2.81 bits per heavy atom. The number of ether oxygens (including phenoxy) is 1. The number of nitrogens with one attached hydrogen (secondary N) is 1. The number of fused-ring (bicyclic) bond motifs is 1. The van der Waals surface area contributed by atoms with E-state index < -0.39 is 41.6 Å². The summed E-state index contributed by atoms with van der Waals surface area (Å²) < 4.78 is 5.26. The Morgan fingerprint density at radius 1 is 1.54 bits per heavy atom. The summed E-state index contributed by atoms with van der Waals surface area (Å²) in [5.41, 5.74) is -1.87. The van der Waals surface area contributed by atoms with Gasteiger partial charge >= 0.3 is 5.97 Å². The maximum Gasteiger partial charge on any atom is 0.352 e. The van der Waals surface area contributed by atoms with E-state index in [1.165, 1.54) is 18.4 Å². The molecule has 3 heterocycles. The number of carboxylic acid groups (broad SMARTS) is 1. The summed E-state index contributed by atoms with van der Waals surface area (Å²) in [6, 6.07) is 3.26. The van der Waals surface area contributed by atoms with Crippen molar-refractivity contribution in [3.05, 3.63) is 33.7 Å². The number of rotatable bonds is 6. The zero-order valence-corrected chi connectivity index (χ0v) is 15.2. The lowest BCUT2D eigenvalue weighted by Crippen LogP contribution is -2.81. The van der Waals surface area contributed by atoms with Crippen LogP contribution in [0, 0.1) is 0 Å². The first-order chi connectivity index (χ1) is 12.4. The fraction of sp³-hybridized carbons (Fsp3) is 0.400. The molecule has 1 aromatic rings. The van der Waals surface area contributed by atoms with Gasteiger partial charge in [0, 0.05) is 17.7 Å². The van der Waals surface area contributed by atoms with Crippen LogP contribution in [0.4, 0.5) is 0 Å². The molecule has 1 unspecified atom stereocenters. The molecule has 0 bridgehead atoms. The van der Waals surface area contributed by atoms with Crippen LogP contribution in [0.1, 0.15) is 11.0 Å². The molecule has 9 nitrogen and oxygen atoms in total. The minimum absolute atomic E-state index is 0.168. The van der Waals surface area contributed by atoms with Gasteiger partial charge in [0.1, 0.15) is 11.1 Å². The SMILES string of the molecule is CO[C@@]1(NC(=O)C(O)c2cccs2)C(=O)N2C(C(=O)O)=C(CO)CS[C@@H]21. The molecule has 3 atom stereocenters. The number of nitrogens with zero attached hydrogens (tertiary/aromatic N) is 1. The van der Waals surface area contributed by atoms with Crippen LogP contribution in [0.5, 0.6) is 0 Å². The fourth-order valence-corrected chi connectivity index (χ4v) is 5.03. The van der Waals surface area contributed by atoms with Gasteiger partial charge in [-0.25, -0.2) is 4.79 Å². The molecule has 0 spiro atoms. The number of aliphatic hydroxyl groups is 2. The van der Waals surface area contributed by atoms with Crippen LogP contribution in [0.2, 0.25) is 0 Å². The van der Waals surface area contributed by atoms with Crippen molar-refractivity contribution in [1.29, 1.82) is 0 Å². The van der Waals surface area contributed by atoms with Gasteiger partial charge in [-0.15, -0.1) is 23.1 Å². The number of aliphatic carboxylic acids is 1. The Kier molecular flexibility index (Phi) is 5.08. The van der Waals surface area contributed by atoms with Crippen LogP contribution in [0.25, 0.3) is 0 Å². The van der Waals surface area contributed by atoms with Crippen LogP contribution < -0.4 is 5.32 Å². The third-order valence-electron chi connectivity index (χ3n) is 4.20. The van der Waals surface area contributed by atoms with Gasteiger partial charge in [-0.3, -0.25) is 14.5 Å². The van der Waals surface area contributed by atoms with E-state index in [0.717, 1.165) is 16.7 Å². The zero-order valence-electron chi connectivity index (χ0n) is 13.5. The number of aliphatic hydroxyl groups excluding tert-OH is 2. The Labute approximate surface area is 156 Å². The number of amides is 2. The number of thiophene rings is 1. The van der Waals surface area contributed by atoms with Gasteiger partial charge in [0.05, 0.1) is 6.61 Å². The van der Waals surface area contributed by atoms with Crippen LogP contribution in [-0.2, 0) is 19.1 Å². The number of hydrogen-bond acceptors (Lipinski definition) is 8. The predicted molar refractivity (Wildman–Crippen MR) is 92.0 cm³/mol. The second-order valence-electron chi connectivity index (χ2n) is 5.60. The second-order valence-corrected chi connectivity index (χ2v) is 7.65. The summed E-state index contributed by atoms with van der Waals surface area (Å²) in [7, 11) is 1.22. The summed E-state index contributed by atoms with van der Waals surface area (Å²) in [4.78, 5) is 38.0. The Balaban J connectivity index is 1.86. The molecule has 4 N–H and O–H groups in total. The quantitative estimate of drug-likeness (QED) is 0.370. The lowest BCUT2D eigenvalue weighted by molar-refractivity contribution is -0.194. The average Bonchev–Trinajstić information content (AvgIpc) is 3.18. The summed E-state index contributed by atoms with van der Waals surface area (Å²) in [5.74, 6) is -2.77. The molecule has 0 radical (unpaired) electrons. The molecule has 2 aliphatic rings. The molecule has 0 saturated carbocycles. The standard InChI is InChI=1S/C15H16N2O7S2/c1-24-15(16-11(20)10(19)8-3-2-4-25-8)13(23)17-9(12(21)22)7(5-18)6-26-14(15)17/h2-4,10,14,18-19H,5-6H2,1H3,(H,16,20)(H,21,22)/t10?,14-,15+/m1/s1. The monoisotopic (exact) mass is 400 g/mol. The number of thioether (sulfide) groups is 1. The topological polar surface area (TPSA) is 136 Å². The van der Waals surface area contributed by atoms with E-state index in [9.17, 15) is 29.7 Å². The molecule has 26 heavy (non-hydrogen) atoms. The van der Waals surface area contributed by atoms with Crippen LogP contribution >= 0.6 is 23.1 Å². The lowest BCUT2D eigenvalue weighted by atomic mass is 9.97. The Hall–Kier alpha value is -1.92. The molecule has 11 heteroatoms. The first-order valence-electron chi connectivity index (χ1n) is 7.47. The molecule has 2 amide bonds. The van der Waals surface area contributed by atoms with Crippen molar-refractivity contribution < 1.29 is 34.4 Å². The van der Waals surface area contributed by atoms with Gasteiger partial charge in [-0.05, 0) is 17.0 Å². The maximum absolute atomic E-state index is 12.7. The van der Waals surface area contributed by atoms with E-state index in [-0.39, 0.29) is 17.0 Å². The van der Waals surface area contributed by atoms with Gasteiger partial charge in [-0.2, -0.15) is 0 Å². The van der Waals surface area contributed by atoms with Crippen LogP contribution in [0.3, 0.4) is 0 Å². The van der Waals surface area contributed by atoms with Gasteiger partial charge in [0.15, 0.2) is 6.10 Å². The number of hydrogen-bond donors (Lipinski definition) is 4. The second kappa shape index (κ2) is 7.00. The molecule has 3 rings (SSSR count). The average molecular weight is 400 g/mol. The van der Waals surface area contributed by atoms with Crippen molar-refractivity contribution in [2.75, 3.05) is 19.5 Å². The number of carbonyl (C=O) groups excluding carboxylic acids is 2. The molecule has 1 aromatic heterocycles. The van der Waals surface area contributed by atoms with E-state index in [0.29, 0.717) is 4.88 Å². The number of methoxy groups -OCH3 is 1. The Morgan fingerprint density at radius 2 is 2.27 bits per heavy atom. The predicted octanol–water partition coefficient (Wildman–Crippen LogP) is -0.514. The highest BCUT2D eigenvalue weighted by atomic mass is 32.2. The smallest absolute Gasteiger partial charge is 0.352 e. The molecule has 2 aliphatic heterocycles. The van der Waals surface area contributed by atoms with Crippen molar-refractivity contribution >= 4 is 40.9 Å². The summed E-state index contributed by atoms with van der Waals surface area (Å²) in [5, 5.41) is 32.1. The van der Waals surface area contributed by atoms with Crippen molar-refractivity contribution in [3.8, 4) is 0 Å². The first kappa shape index (κ1) is 18.9. The number of carboxylic acids is 1. The summed E-state index contributed by atoms with van der Waals surface area (Å²) in [6.07, 6.45) is -1.47. The molecular formula is C15H16N2O7S2. The van der Waals surface area contributed by atoms with E-state index >= 15 is 0 Å². The van der Waals surface area contributed by atoms with Gasteiger partial charge in [-0.1, -0.05) is 6.07 Å². The van der Waals surface area contributed by atoms with E-state index in [4.69, 9.17) is 4.74 Å². The van der Waals surface area contributed by atoms with Crippen LogP contribution in [0.15, 0.2) is 28.8 Å². The molecular weight excluding hydrogens is 384 g/mol. The Bertz CT molecular complexity index is 779. The van der Waals surface area contributed by atoms with Crippen LogP contribution in [-0.4, -0.2) is 68.6 Å². The minimum Gasteiger partial charge on any atom is -0.477 e. The highest BCUT2D eigenvalue weighted by molar-refractivity contribution is 8.00. The van der Waals surface area contributed by atoms with E-state index in [2.05, 4.69) is 5.32 Å². The fourth-order valence-electron chi connectivity index (χ4n) is 2.89. The van der Waals surface area contributed by atoms with E-state index in [1.807, 2.05) is 0 Å². The summed E-state index contributed by atoms with van der Waals surface area (Å²) in [6.45, 7) is -0.492. The molecule has 1 fully saturated rings. The number of β-lactam (4-membered cyclic amide) rings is 1. The van der Waals surface area contributed by atoms with Crippen molar-refractivity contribution in [1.82, 2.24) is 10.2 Å². The van der Waals surface area contributed by atoms with Gasteiger partial charge in [0.2, 0.25) is 0 Å². The third kappa shape index (κ3) is 2.72. The summed E-state index contributed by atoms with van der Waals surface area (Å²) >= 11 is 2.34. The maximum atomic E-state index is 12.7. The van der Waals surface area contributed by atoms with Crippen molar-refractivity contribution in [3.63, 3.8) is 0 Å². The van der Waals surface area contributed by atoms with Gasteiger partial charge in [0.25, 0.3) is 17.5 Å². The molecule has 1 saturated heterocycles. The highest BCUT2D eigenvalue weighted by Gasteiger charge is 2.66. The molecule has 0 aliphatic carbocycles. The lowest BCUT2D eigenvalue weighted by Gasteiger charge is -2.55. The van der Waals surface area contributed by atoms with Gasteiger partial charge < -0.3 is 25.4 Å². The first-order valence-corrected chi connectivity index (χ1v) is 9.40. The highest BCUT2D eigenvalue weighted by Crippen LogP contribution is 2.46. The van der Waals surface area contributed by atoms with E-state index in [1.54, 1.807) is 17.5 Å². The zero-order chi connectivity index (χ0) is 19.1. The molecule has 0 aromatic carbocycles. The molecule has 140 valence electrons. The normalized spacial score (nSPS) is 26.2. The van der Waals surface area contributed by atoms with Crippen molar-refractivity contribution in [2.24, 2.45) is 0 Å². The minimum atomic E-state index is -1.78.